The van der Waals surface area contributed by atoms with Gasteiger partial charge in [-0.1, -0.05) is 36.4 Å². The van der Waals surface area contributed by atoms with Crippen molar-refractivity contribution in [1.82, 2.24) is 0 Å². The third-order valence-corrected chi connectivity index (χ3v) is 3.18. The van der Waals surface area contributed by atoms with Gasteiger partial charge in [0.05, 0.1) is 0 Å². The average Bonchev–Trinajstić information content (AvgIpc) is 2.32. The molecule has 84 valence electrons. The van der Waals surface area contributed by atoms with Crippen LogP contribution in [0.2, 0.25) is 0 Å². The van der Waals surface area contributed by atoms with Gasteiger partial charge in [0.2, 0.25) is 0 Å². The minimum Gasteiger partial charge on any atom is -0.381 e. The number of rotatable bonds is 2. The average molecular weight is 216 g/mol. The molecule has 0 bridgehead atoms. The Morgan fingerprint density at radius 3 is 2.94 bits per heavy atom. The second kappa shape index (κ2) is 4.22. The summed E-state index contributed by atoms with van der Waals surface area (Å²) in [5, 5.41) is 10.3. The maximum atomic E-state index is 12.2. The first kappa shape index (κ1) is 11.1. The molecule has 0 saturated carbocycles. The van der Waals surface area contributed by atoms with Crippen LogP contribution in [0.5, 0.6) is 0 Å². The molecule has 0 spiro atoms. The lowest BCUT2D eigenvalue weighted by molar-refractivity contribution is 0.0259. The highest BCUT2D eigenvalue weighted by Crippen LogP contribution is 2.31. The summed E-state index contributed by atoms with van der Waals surface area (Å²) < 4.78 is 0. The number of ketones is 1. The summed E-state index contributed by atoms with van der Waals surface area (Å²) in [6, 6.07) is 7.54. The molecule has 1 atom stereocenters. The molecule has 1 aromatic carbocycles. The molecular formula is C14H16O2. The maximum Gasteiger partial charge on any atom is 0.194 e. The summed E-state index contributed by atoms with van der Waals surface area (Å²) in [5.74, 6) is -0.132. The van der Waals surface area contributed by atoms with E-state index in [0.717, 1.165) is 12.0 Å². The summed E-state index contributed by atoms with van der Waals surface area (Å²) in [7, 11) is 0. The SMILES string of the molecule is C/C=C/C[C@]1(O)CCc2ccccc2C1=O. The number of aliphatic hydroxyl groups is 1. The van der Waals surface area contributed by atoms with Crippen molar-refractivity contribution in [3.05, 3.63) is 47.5 Å². The van der Waals surface area contributed by atoms with Crippen molar-refractivity contribution in [2.45, 2.75) is 31.8 Å². The molecule has 1 N–H and O–H groups in total. The molecule has 16 heavy (non-hydrogen) atoms. The molecule has 0 aromatic heterocycles. The van der Waals surface area contributed by atoms with Crippen molar-refractivity contribution in [2.75, 3.05) is 0 Å². The van der Waals surface area contributed by atoms with Gasteiger partial charge in [-0.3, -0.25) is 4.79 Å². The van der Waals surface area contributed by atoms with Gasteiger partial charge < -0.3 is 5.11 Å². The number of fused-ring (bicyclic) bond motifs is 1. The Morgan fingerprint density at radius 2 is 2.19 bits per heavy atom. The van der Waals surface area contributed by atoms with E-state index < -0.39 is 5.60 Å². The number of carbonyl (C=O) groups excluding carboxylic acids is 1. The lowest BCUT2D eigenvalue weighted by Crippen LogP contribution is -2.42. The lowest BCUT2D eigenvalue weighted by Gasteiger charge is -2.31. The summed E-state index contributed by atoms with van der Waals surface area (Å²) in [5.41, 5.74) is 0.541. The summed E-state index contributed by atoms with van der Waals surface area (Å²) in [6.45, 7) is 1.89. The first-order valence-corrected chi connectivity index (χ1v) is 5.63. The Balaban J connectivity index is 2.33. The van der Waals surface area contributed by atoms with Gasteiger partial charge in [0, 0.05) is 12.0 Å². The molecular weight excluding hydrogens is 200 g/mol. The van der Waals surface area contributed by atoms with Crippen LogP contribution in [0.1, 0.15) is 35.7 Å². The van der Waals surface area contributed by atoms with Gasteiger partial charge in [-0.15, -0.1) is 0 Å². The van der Waals surface area contributed by atoms with Crippen LogP contribution in [0.15, 0.2) is 36.4 Å². The Bertz CT molecular complexity index is 434. The van der Waals surface area contributed by atoms with Gasteiger partial charge in [0.25, 0.3) is 0 Å². The molecule has 0 heterocycles. The minimum absolute atomic E-state index is 0.132. The van der Waals surface area contributed by atoms with Gasteiger partial charge in [-0.05, 0) is 25.3 Å². The highest BCUT2D eigenvalue weighted by molar-refractivity contribution is 6.04. The minimum atomic E-state index is -1.19. The van der Waals surface area contributed by atoms with Crippen molar-refractivity contribution in [1.29, 1.82) is 0 Å². The van der Waals surface area contributed by atoms with Gasteiger partial charge >= 0.3 is 0 Å². The quantitative estimate of drug-likeness (QED) is 0.771. The van der Waals surface area contributed by atoms with Crippen LogP contribution in [0.3, 0.4) is 0 Å². The summed E-state index contributed by atoms with van der Waals surface area (Å²) in [6.07, 6.45) is 5.43. The molecule has 1 aliphatic carbocycles. The Kier molecular flexibility index (Phi) is 2.92. The number of aryl methyl sites for hydroxylation is 1. The van der Waals surface area contributed by atoms with E-state index in [-0.39, 0.29) is 5.78 Å². The number of allylic oxidation sites excluding steroid dienone is 1. The van der Waals surface area contributed by atoms with E-state index in [1.54, 1.807) is 6.07 Å². The number of hydrogen-bond acceptors (Lipinski definition) is 2. The summed E-state index contributed by atoms with van der Waals surface area (Å²) in [4.78, 5) is 12.2. The first-order valence-electron chi connectivity index (χ1n) is 5.63. The third kappa shape index (κ3) is 1.81. The normalized spacial score (nSPS) is 24.8. The predicted octanol–water partition coefficient (Wildman–Crippen LogP) is 2.51. The molecule has 0 unspecified atom stereocenters. The third-order valence-electron chi connectivity index (χ3n) is 3.18. The smallest absolute Gasteiger partial charge is 0.194 e. The van der Waals surface area contributed by atoms with Crippen LogP contribution >= 0.6 is 0 Å². The van der Waals surface area contributed by atoms with E-state index in [1.165, 1.54) is 0 Å². The van der Waals surface area contributed by atoms with Crippen LogP contribution in [0.4, 0.5) is 0 Å². The highest BCUT2D eigenvalue weighted by atomic mass is 16.3. The van der Waals surface area contributed by atoms with E-state index in [1.807, 2.05) is 37.3 Å². The van der Waals surface area contributed by atoms with Gasteiger partial charge in [0.15, 0.2) is 5.78 Å². The van der Waals surface area contributed by atoms with Gasteiger partial charge in [0.1, 0.15) is 5.60 Å². The topological polar surface area (TPSA) is 37.3 Å². The molecule has 0 aliphatic heterocycles. The number of benzene rings is 1. The van der Waals surface area contributed by atoms with Crippen LogP contribution in [-0.4, -0.2) is 16.5 Å². The molecule has 0 fully saturated rings. The fraction of sp³-hybridized carbons (Fsp3) is 0.357. The molecule has 1 aromatic rings. The van der Waals surface area contributed by atoms with Gasteiger partial charge in [-0.2, -0.15) is 0 Å². The van der Waals surface area contributed by atoms with E-state index >= 15 is 0 Å². The number of hydrogen-bond donors (Lipinski definition) is 1. The lowest BCUT2D eigenvalue weighted by atomic mass is 9.77. The zero-order valence-electron chi connectivity index (χ0n) is 9.44. The highest BCUT2D eigenvalue weighted by Gasteiger charge is 2.39. The molecule has 0 saturated heterocycles. The second-order valence-electron chi connectivity index (χ2n) is 4.29. The van der Waals surface area contributed by atoms with Crippen molar-refractivity contribution in [3.8, 4) is 0 Å². The summed E-state index contributed by atoms with van der Waals surface area (Å²) >= 11 is 0. The molecule has 1 aliphatic rings. The van der Waals surface area contributed by atoms with Gasteiger partial charge in [-0.25, -0.2) is 0 Å². The standard InChI is InChI=1S/C14H16O2/c1-2-3-9-14(16)10-8-11-6-4-5-7-12(11)13(14)15/h2-7,16H,8-10H2,1H3/b3-2+/t14-/m0/s1. The van der Waals surface area contributed by atoms with Crippen LogP contribution in [0.25, 0.3) is 0 Å². The van der Waals surface area contributed by atoms with E-state index in [9.17, 15) is 9.90 Å². The molecule has 2 rings (SSSR count). The zero-order valence-corrected chi connectivity index (χ0v) is 9.44. The Hall–Kier alpha value is -1.41. The fourth-order valence-corrected chi connectivity index (χ4v) is 2.17. The maximum absolute atomic E-state index is 12.2. The van der Waals surface area contributed by atoms with E-state index in [2.05, 4.69) is 0 Å². The monoisotopic (exact) mass is 216 g/mol. The van der Waals surface area contributed by atoms with Crippen LogP contribution in [0, 0.1) is 0 Å². The van der Waals surface area contributed by atoms with Crippen LogP contribution < -0.4 is 0 Å². The van der Waals surface area contributed by atoms with E-state index in [0.29, 0.717) is 18.4 Å². The largest absolute Gasteiger partial charge is 0.381 e. The second-order valence-corrected chi connectivity index (χ2v) is 4.29. The number of Topliss-reactive ketones (excluding diaryl/α,β-unsaturated/α-hetero) is 1. The molecule has 0 amide bonds. The van der Waals surface area contributed by atoms with Crippen molar-refractivity contribution in [3.63, 3.8) is 0 Å². The predicted molar refractivity (Wildman–Crippen MR) is 63.5 cm³/mol. The zero-order chi connectivity index (χ0) is 11.6. The molecule has 2 heteroatoms. The van der Waals surface area contributed by atoms with E-state index in [4.69, 9.17) is 0 Å². The Morgan fingerprint density at radius 1 is 1.44 bits per heavy atom. The van der Waals surface area contributed by atoms with Crippen molar-refractivity contribution >= 4 is 5.78 Å². The van der Waals surface area contributed by atoms with Crippen molar-refractivity contribution < 1.29 is 9.90 Å². The molecule has 0 radical (unpaired) electrons. The first-order chi connectivity index (χ1) is 7.67. The fourth-order valence-electron chi connectivity index (χ4n) is 2.17. The van der Waals surface area contributed by atoms with Crippen molar-refractivity contribution in [2.24, 2.45) is 0 Å². The Labute approximate surface area is 95.6 Å². The number of carbonyl (C=O) groups is 1. The molecule has 2 nitrogen and oxygen atoms in total. The van der Waals surface area contributed by atoms with Crippen LogP contribution in [-0.2, 0) is 6.42 Å².